The highest BCUT2D eigenvalue weighted by Gasteiger charge is 2.31. The lowest BCUT2D eigenvalue weighted by Crippen LogP contribution is -2.24. The van der Waals surface area contributed by atoms with E-state index in [1.807, 2.05) is 43.3 Å². The Bertz CT molecular complexity index is 1340. The van der Waals surface area contributed by atoms with Crippen LogP contribution in [0.5, 0.6) is 5.75 Å². The lowest BCUT2D eigenvalue weighted by atomic mass is 10.1. The van der Waals surface area contributed by atoms with Gasteiger partial charge < -0.3 is 10.1 Å². The average molecular weight is 498 g/mol. The molecule has 2 aromatic heterocycles. The van der Waals surface area contributed by atoms with E-state index in [2.05, 4.69) is 35.6 Å². The zero-order chi connectivity index (χ0) is 24.8. The third kappa shape index (κ3) is 6.60. The molecule has 35 heavy (non-hydrogen) atoms. The summed E-state index contributed by atoms with van der Waals surface area (Å²) in [5.41, 5.74) is 6.49. The molecule has 0 aliphatic carbocycles. The highest BCUT2D eigenvalue weighted by molar-refractivity contribution is 7.80. The summed E-state index contributed by atoms with van der Waals surface area (Å²) in [6.45, 7) is 1.87. The molecule has 0 atom stereocenters. The van der Waals surface area contributed by atoms with Crippen molar-refractivity contribution in [3.8, 4) is 22.8 Å². The zero-order valence-electron chi connectivity index (χ0n) is 18.2. The molecule has 4 rings (SSSR count). The van der Waals surface area contributed by atoms with Gasteiger partial charge in [0.1, 0.15) is 12.1 Å². The maximum atomic E-state index is 12.3. The van der Waals surface area contributed by atoms with Crippen molar-refractivity contribution in [3.05, 3.63) is 84.4 Å². The highest BCUT2D eigenvalue weighted by atomic mass is 32.1. The maximum absolute atomic E-state index is 12.3. The van der Waals surface area contributed by atoms with Crippen molar-refractivity contribution in [3.63, 3.8) is 0 Å². The van der Waals surface area contributed by atoms with E-state index >= 15 is 0 Å². The number of aryl methyl sites for hydroxylation is 1. The molecule has 0 spiro atoms. The number of pyridine rings is 1. The highest BCUT2D eigenvalue weighted by Crippen LogP contribution is 2.24. The van der Waals surface area contributed by atoms with E-state index < -0.39 is 6.36 Å². The molecule has 8 nitrogen and oxygen atoms in total. The Labute approximate surface area is 203 Å². The van der Waals surface area contributed by atoms with Crippen molar-refractivity contribution >= 4 is 29.2 Å². The minimum Gasteiger partial charge on any atom is -0.406 e. The molecule has 12 heteroatoms. The first-order valence-electron chi connectivity index (χ1n) is 10.2. The van der Waals surface area contributed by atoms with E-state index in [4.69, 9.17) is 12.2 Å². The largest absolute Gasteiger partial charge is 0.573 e. The normalized spacial score (nSPS) is 11.4. The lowest BCUT2D eigenvalue weighted by Gasteiger charge is -2.09. The van der Waals surface area contributed by atoms with Gasteiger partial charge in [-0.15, -0.1) is 18.3 Å². The summed E-state index contributed by atoms with van der Waals surface area (Å²) in [5, 5.41) is 11.9. The van der Waals surface area contributed by atoms with Crippen molar-refractivity contribution in [2.45, 2.75) is 13.3 Å². The van der Waals surface area contributed by atoms with Crippen LogP contribution in [-0.4, -0.2) is 37.4 Å². The molecular weight excluding hydrogens is 479 g/mol. The molecule has 0 amide bonds. The van der Waals surface area contributed by atoms with Crippen molar-refractivity contribution < 1.29 is 17.9 Å². The molecule has 0 aliphatic rings. The fourth-order valence-corrected chi connectivity index (χ4v) is 3.13. The Hall–Kier alpha value is -4.32. The summed E-state index contributed by atoms with van der Waals surface area (Å²) in [4.78, 5) is 8.46. The number of rotatable bonds is 6. The first-order valence-corrected chi connectivity index (χ1v) is 10.6. The fourth-order valence-electron chi connectivity index (χ4n) is 2.97. The van der Waals surface area contributed by atoms with E-state index in [9.17, 15) is 13.2 Å². The number of anilines is 1. The summed E-state index contributed by atoms with van der Waals surface area (Å²) in [6.07, 6.45) is 0.0560. The number of nitrogens with zero attached hydrogens (tertiary/aromatic N) is 5. The van der Waals surface area contributed by atoms with Crippen molar-refractivity contribution in [2.24, 2.45) is 5.10 Å². The molecule has 0 saturated heterocycles. The third-order valence-corrected chi connectivity index (χ3v) is 4.82. The molecule has 2 N–H and O–H groups in total. The first kappa shape index (κ1) is 23.8. The van der Waals surface area contributed by atoms with Gasteiger partial charge in [-0.05, 0) is 61.1 Å². The molecule has 0 unspecified atom stereocenters. The molecular formula is C23H18F3N7OS. The number of thiocarbonyl (C=S) groups is 1. The number of nitrogens with one attached hydrogen (secondary N) is 2. The van der Waals surface area contributed by atoms with E-state index in [1.54, 1.807) is 12.4 Å². The van der Waals surface area contributed by atoms with Gasteiger partial charge in [0.2, 0.25) is 0 Å². The Balaban J connectivity index is 1.35. The summed E-state index contributed by atoms with van der Waals surface area (Å²) >= 11 is 5.23. The van der Waals surface area contributed by atoms with Crippen LogP contribution in [0.3, 0.4) is 0 Å². The predicted octanol–water partition coefficient (Wildman–Crippen LogP) is 4.86. The predicted molar refractivity (Wildman–Crippen MR) is 129 cm³/mol. The standard InChI is InChI=1S/C23H18F3N7OS/c1-15-20(3-2-12-27-15)30-22(35)31-29-13-16-4-6-17(7-5-16)21-28-14-33(32-21)18-8-10-19(11-9-18)34-23(24,25)26/h2-14H,1H3,(H2,30,31,35)/b29-13+. The molecule has 4 aromatic rings. The second-order valence-corrected chi connectivity index (χ2v) is 7.55. The number of alkyl halides is 3. The monoisotopic (exact) mass is 497 g/mol. The number of hydrogen-bond donors (Lipinski definition) is 2. The molecule has 0 bridgehead atoms. The molecule has 0 fully saturated rings. The fraction of sp³-hybridized carbons (Fsp3) is 0.0870. The number of aromatic nitrogens is 4. The molecule has 0 saturated carbocycles. The topological polar surface area (TPSA) is 89.2 Å². The third-order valence-electron chi connectivity index (χ3n) is 4.63. The van der Waals surface area contributed by atoms with Crippen LogP contribution in [0.25, 0.3) is 17.1 Å². The van der Waals surface area contributed by atoms with E-state index in [1.165, 1.54) is 35.3 Å². The Morgan fingerprint density at radius 1 is 1.06 bits per heavy atom. The van der Waals surface area contributed by atoms with Crippen molar-refractivity contribution in [1.29, 1.82) is 0 Å². The van der Waals surface area contributed by atoms with Crippen LogP contribution in [-0.2, 0) is 0 Å². The summed E-state index contributed by atoms with van der Waals surface area (Å²) in [7, 11) is 0. The smallest absolute Gasteiger partial charge is 0.406 e. The minimum atomic E-state index is -4.74. The Morgan fingerprint density at radius 2 is 1.80 bits per heavy atom. The summed E-state index contributed by atoms with van der Waals surface area (Å²) < 4.78 is 42.3. The first-order chi connectivity index (χ1) is 16.8. The molecule has 2 aromatic carbocycles. The van der Waals surface area contributed by atoms with E-state index in [0.29, 0.717) is 16.6 Å². The van der Waals surface area contributed by atoms with Gasteiger partial charge in [-0.25, -0.2) is 9.67 Å². The number of hydrazone groups is 1. The number of hydrogen-bond acceptors (Lipinski definition) is 6. The molecule has 178 valence electrons. The lowest BCUT2D eigenvalue weighted by molar-refractivity contribution is -0.274. The van der Waals surface area contributed by atoms with Gasteiger partial charge in [0.25, 0.3) is 0 Å². The van der Waals surface area contributed by atoms with Gasteiger partial charge in [-0.2, -0.15) is 5.10 Å². The van der Waals surface area contributed by atoms with Gasteiger partial charge in [0, 0.05) is 11.8 Å². The van der Waals surface area contributed by atoms with Gasteiger partial charge in [0.05, 0.1) is 23.3 Å². The SMILES string of the molecule is Cc1ncccc1NC(=S)N/N=C/c1ccc(-c2ncn(-c3ccc(OC(F)(F)F)cc3)n2)cc1. The van der Waals surface area contributed by atoms with Crippen LogP contribution in [0.4, 0.5) is 18.9 Å². The van der Waals surface area contributed by atoms with Crippen LogP contribution < -0.4 is 15.5 Å². The summed E-state index contributed by atoms with van der Waals surface area (Å²) in [5.74, 6) is 0.150. The van der Waals surface area contributed by atoms with Crippen LogP contribution in [0.1, 0.15) is 11.3 Å². The van der Waals surface area contributed by atoms with E-state index in [-0.39, 0.29) is 5.75 Å². The van der Waals surface area contributed by atoms with Crippen molar-refractivity contribution in [1.82, 2.24) is 25.2 Å². The summed E-state index contributed by atoms with van der Waals surface area (Å²) in [6, 6.07) is 16.4. The van der Waals surface area contributed by atoms with Crippen LogP contribution in [0.2, 0.25) is 0 Å². The van der Waals surface area contributed by atoms with Crippen LogP contribution in [0, 0.1) is 6.92 Å². The van der Waals surface area contributed by atoms with Gasteiger partial charge in [-0.3, -0.25) is 10.4 Å². The van der Waals surface area contributed by atoms with Gasteiger partial charge >= 0.3 is 6.36 Å². The Morgan fingerprint density at radius 3 is 2.49 bits per heavy atom. The zero-order valence-corrected chi connectivity index (χ0v) is 19.0. The molecule has 0 radical (unpaired) electrons. The number of ether oxygens (including phenoxy) is 1. The van der Waals surface area contributed by atoms with Gasteiger partial charge in [0.15, 0.2) is 10.9 Å². The second kappa shape index (κ2) is 10.3. The minimum absolute atomic E-state index is 0.308. The van der Waals surface area contributed by atoms with Crippen molar-refractivity contribution in [2.75, 3.05) is 5.32 Å². The number of halogens is 3. The van der Waals surface area contributed by atoms with Gasteiger partial charge in [-0.1, -0.05) is 24.3 Å². The average Bonchev–Trinajstić information content (AvgIpc) is 3.31. The second-order valence-electron chi connectivity index (χ2n) is 7.14. The van der Waals surface area contributed by atoms with Crippen LogP contribution in [0.15, 0.2) is 78.3 Å². The Kier molecular flexibility index (Phi) is 7.01. The van der Waals surface area contributed by atoms with Crippen LogP contribution >= 0.6 is 12.2 Å². The molecule has 0 aliphatic heterocycles. The number of benzene rings is 2. The maximum Gasteiger partial charge on any atom is 0.573 e. The van der Waals surface area contributed by atoms with E-state index in [0.717, 1.165) is 22.5 Å². The quantitative estimate of drug-likeness (QED) is 0.224. The molecule has 2 heterocycles.